The number of alkyl halides is 1. The van der Waals surface area contributed by atoms with E-state index >= 15 is 0 Å². The molecule has 1 aliphatic heterocycles. The molecule has 0 radical (unpaired) electrons. The minimum Gasteiger partial charge on any atom is -0.457 e. The van der Waals surface area contributed by atoms with Crippen molar-refractivity contribution in [3.63, 3.8) is 0 Å². The van der Waals surface area contributed by atoms with Gasteiger partial charge in [-0.2, -0.15) is 0 Å². The summed E-state index contributed by atoms with van der Waals surface area (Å²) in [7, 11) is 0. The van der Waals surface area contributed by atoms with Gasteiger partial charge in [-0.25, -0.2) is 4.39 Å². The summed E-state index contributed by atoms with van der Waals surface area (Å²) in [6, 6.07) is 21.1. The van der Waals surface area contributed by atoms with Crippen molar-refractivity contribution in [1.82, 2.24) is 10.2 Å². The molecular weight excluding hydrogens is 493 g/mol. The Morgan fingerprint density at radius 3 is 2.30 bits per heavy atom. The zero-order valence-corrected chi connectivity index (χ0v) is 21.7. The van der Waals surface area contributed by atoms with E-state index in [-0.39, 0.29) is 17.8 Å². The summed E-state index contributed by atoms with van der Waals surface area (Å²) < 4.78 is 19.7. The van der Waals surface area contributed by atoms with Crippen molar-refractivity contribution in [3.05, 3.63) is 90.2 Å². The van der Waals surface area contributed by atoms with Gasteiger partial charge in [0.25, 0.3) is 5.91 Å². The van der Waals surface area contributed by atoms with Crippen molar-refractivity contribution in [2.24, 2.45) is 5.92 Å². The molecule has 0 saturated carbocycles. The highest BCUT2D eigenvalue weighted by Crippen LogP contribution is 2.32. The number of piperazine rings is 1. The zero-order valence-electron chi connectivity index (χ0n) is 20.9. The number of hydrogen-bond acceptors (Lipinski definition) is 4. The van der Waals surface area contributed by atoms with E-state index in [1.165, 1.54) is 17.0 Å². The number of anilines is 1. The normalized spacial score (nSPS) is 16.4. The fraction of sp³-hybridized carbons (Fsp3) is 0.310. The Hall–Kier alpha value is -3.42. The van der Waals surface area contributed by atoms with E-state index in [2.05, 4.69) is 19.2 Å². The van der Waals surface area contributed by atoms with Crippen LogP contribution in [0.15, 0.2) is 78.9 Å². The first-order valence-electron chi connectivity index (χ1n) is 12.4. The van der Waals surface area contributed by atoms with Crippen LogP contribution in [0.5, 0.6) is 11.5 Å². The second-order valence-corrected chi connectivity index (χ2v) is 9.62. The minimum absolute atomic E-state index is 0.137. The molecule has 8 heteroatoms. The van der Waals surface area contributed by atoms with Crippen LogP contribution in [0.2, 0.25) is 0 Å². The van der Waals surface area contributed by atoms with Gasteiger partial charge in [-0.1, -0.05) is 44.2 Å². The maximum atomic E-state index is 14.0. The van der Waals surface area contributed by atoms with E-state index in [1.807, 2.05) is 30.3 Å². The number of para-hydroxylation sites is 1. The summed E-state index contributed by atoms with van der Waals surface area (Å²) in [6.07, 6.45) is 0. The van der Waals surface area contributed by atoms with Crippen LogP contribution in [-0.4, -0.2) is 48.3 Å². The SMILES string of the molecule is CC(C)[C@@H]1CN(C(=O)[C@H](c2ccc(F)cc2)N(C(=O)CCl)c2ccc(Oc3ccccc3)cc2)CCN1. The van der Waals surface area contributed by atoms with Crippen LogP contribution in [0.1, 0.15) is 25.5 Å². The molecule has 6 nitrogen and oxygen atoms in total. The predicted molar refractivity (Wildman–Crippen MR) is 144 cm³/mol. The number of carbonyl (C=O) groups is 2. The molecule has 0 spiro atoms. The quantitative estimate of drug-likeness (QED) is 0.402. The molecule has 1 heterocycles. The Balaban J connectivity index is 1.70. The number of ether oxygens (including phenoxy) is 1. The highest BCUT2D eigenvalue weighted by atomic mass is 35.5. The van der Waals surface area contributed by atoms with E-state index < -0.39 is 17.8 Å². The van der Waals surface area contributed by atoms with E-state index in [0.717, 1.165) is 0 Å². The van der Waals surface area contributed by atoms with Gasteiger partial charge >= 0.3 is 0 Å². The zero-order chi connectivity index (χ0) is 26.4. The number of amides is 2. The van der Waals surface area contributed by atoms with Crippen molar-refractivity contribution in [3.8, 4) is 11.5 Å². The molecule has 1 aliphatic rings. The van der Waals surface area contributed by atoms with E-state index in [9.17, 15) is 14.0 Å². The van der Waals surface area contributed by atoms with E-state index in [0.29, 0.717) is 48.3 Å². The van der Waals surface area contributed by atoms with Crippen LogP contribution >= 0.6 is 11.6 Å². The van der Waals surface area contributed by atoms with Gasteiger partial charge in [0.05, 0.1) is 0 Å². The van der Waals surface area contributed by atoms with Gasteiger partial charge in [0.1, 0.15) is 29.2 Å². The largest absolute Gasteiger partial charge is 0.457 e. The smallest absolute Gasteiger partial charge is 0.250 e. The van der Waals surface area contributed by atoms with Crippen LogP contribution in [0.25, 0.3) is 0 Å². The third-order valence-corrected chi connectivity index (χ3v) is 6.71. The second kappa shape index (κ2) is 12.2. The topological polar surface area (TPSA) is 61.9 Å². The van der Waals surface area contributed by atoms with Gasteiger partial charge in [0, 0.05) is 31.4 Å². The third-order valence-electron chi connectivity index (χ3n) is 6.48. The Bertz CT molecular complexity index is 1190. The lowest BCUT2D eigenvalue weighted by Crippen LogP contribution is -2.57. The number of halogens is 2. The molecule has 194 valence electrons. The van der Waals surface area contributed by atoms with Gasteiger partial charge < -0.3 is 15.0 Å². The third kappa shape index (κ3) is 6.48. The molecule has 1 N–H and O–H groups in total. The summed E-state index contributed by atoms with van der Waals surface area (Å²) in [5, 5.41) is 3.45. The summed E-state index contributed by atoms with van der Waals surface area (Å²) in [5.74, 6) is 0.191. The Morgan fingerprint density at radius 2 is 1.68 bits per heavy atom. The van der Waals surface area contributed by atoms with Crippen molar-refractivity contribution in [1.29, 1.82) is 0 Å². The van der Waals surface area contributed by atoms with Crippen LogP contribution in [0.3, 0.4) is 0 Å². The molecule has 4 rings (SSSR count). The molecule has 0 unspecified atom stereocenters. The molecule has 2 amide bonds. The monoisotopic (exact) mass is 523 g/mol. The lowest BCUT2D eigenvalue weighted by molar-refractivity contribution is -0.135. The van der Waals surface area contributed by atoms with E-state index in [1.54, 1.807) is 41.3 Å². The molecule has 2 atom stereocenters. The van der Waals surface area contributed by atoms with Gasteiger partial charge in [0.2, 0.25) is 5.91 Å². The Kier molecular flexibility index (Phi) is 8.79. The Morgan fingerprint density at radius 1 is 1.03 bits per heavy atom. The van der Waals surface area contributed by atoms with Gasteiger partial charge in [-0.3, -0.25) is 14.5 Å². The van der Waals surface area contributed by atoms with Crippen molar-refractivity contribution in [2.75, 3.05) is 30.4 Å². The number of hydrogen-bond donors (Lipinski definition) is 1. The molecule has 3 aromatic carbocycles. The maximum absolute atomic E-state index is 14.0. The number of benzene rings is 3. The van der Waals surface area contributed by atoms with Crippen LogP contribution in [0, 0.1) is 11.7 Å². The summed E-state index contributed by atoms with van der Waals surface area (Å²) >= 11 is 6.04. The average molecular weight is 524 g/mol. The summed E-state index contributed by atoms with van der Waals surface area (Å²) in [4.78, 5) is 30.5. The lowest BCUT2D eigenvalue weighted by atomic mass is 9.98. The fourth-order valence-corrected chi connectivity index (χ4v) is 4.57. The first-order chi connectivity index (χ1) is 17.9. The summed E-state index contributed by atoms with van der Waals surface area (Å²) in [6.45, 7) is 5.88. The van der Waals surface area contributed by atoms with E-state index in [4.69, 9.17) is 16.3 Å². The summed E-state index contributed by atoms with van der Waals surface area (Å²) in [5.41, 5.74) is 0.999. The number of nitrogens with one attached hydrogen (secondary N) is 1. The molecule has 0 bridgehead atoms. The van der Waals surface area contributed by atoms with Crippen LogP contribution < -0.4 is 15.0 Å². The standard InChI is InChI=1S/C29H31ClFN3O3/c1-20(2)26-19-33(17-16-32-26)29(36)28(21-8-10-22(31)11-9-21)34(27(35)18-30)23-12-14-25(15-13-23)37-24-6-4-3-5-7-24/h3-15,20,26,28,32H,16-19H2,1-2H3/t26-,28-/m0/s1. The average Bonchev–Trinajstić information content (AvgIpc) is 2.93. The van der Waals surface area contributed by atoms with Crippen molar-refractivity contribution >= 4 is 29.1 Å². The number of carbonyl (C=O) groups excluding carboxylic acids is 2. The number of rotatable bonds is 8. The molecule has 0 aliphatic carbocycles. The van der Waals surface area contributed by atoms with Gasteiger partial charge in [0.15, 0.2) is 0 Å². The lowest BCUT2D eigenvalue weighted by Gasteiger charge is -2.40. The van der Waals surface area contributed by atoms with Crippen LogP contribution in [-0.2, 0) is 9.59 Å². The minimum atomic E-state index is -1.00. The highest BCUT2D eigenvalue weighted by molar-refractivity contribution is 6.29. The molecule has 1 fully saturated rings. The molecule has 37 heavy (non-hydrogen) atoms. The predicted octanol–water partition coefficient (Wildman–Crippen LogP) is 5.39. The molecular formula is C29H31ClFN3O3. The van der Waals surface area contributed by atoms with Gasteiger partial charge in [-0.05, 0) is 60.0 Å². The molecule has 1 saturated heterocycles. The first kappa shape index (κ1) is 26.6. The Labute approximate surface area is 222 Å². The number of nitrogens with zero attached hydrogens (tertiary/aromatic N) is 2. The van der Waals surface area contributed by atoms with Crippen molar-refractivity contribution in [2.45, 2.75) is 25.9 Å². The second-order valence-electron chi connectivity index (χ2n) is 9.35. The van der Waals surface area contributed by atoms with Gasteiger partial charge in [-0.15, -0.1) is 11.6 Å². The maximum Gasteiger partial charge on any atom is 0.250 e. The van der Waals surface area contributed by atoms with Crippen molar-refractivity contribution < 1.29 is 18.7 Å². The first-order valence-corrected chi connectivity index (χ1v) is 12.9. The highest BCUT2D eigenvalue weighted by Gasteiger charge is 2.37. The molecule has 3 aromatic rings. The fourth-order valence-electron chi connectivity index (χ4n) is 4.45. The molecule has 0 aromatic heterocycles. The van der Waals surface area contributed by atoms with Crippen LogP contribution in [0.4, 0.5) is 10.1 Å².